The Morgan fingerprint density at radius 3 is 2.23 bits per heavy atom. The molecule has 0 unspecified atom stereocenters. The Balaban J connectivity index is 1.98. The van der Waals surface area contributed by atoms with Crippen molar-refractivity contribution in [1.82, 2.24) is 0 Å². The highest BCUT2D eigenvalue weighted by atomic mass is 16.5. The minimum atomic E-state index is -0.643. The monoisotopic (exact) mass is 478 g/mol. The number of hydrogen-bond donors (Lipinski definition) is 0. The number of esters is 3. The summed E-state index contributed by atoms with van der Waals surface area (Å²) in [5.74, 6) is -1.33. The fourth-order valence-corrected chi connectivity index (χ4v) is 3.72. The number of hydrogen-bond acceptors (Lipinski definition) is 9. The molecule has 0 saturated carbocycles. The second-order valence-electron chi connectivity index (χ2n) is 8.45. The summed E-state index contributed by atoms with van der Waals surface area (Å²) in [6, 6.07) is 5.79. The first-order valence-corrected chi connectivity index (χ1v) is 10.7. The smallest absolute Gasteiger partial charge is 0.308 e. The highest BCUT2D eigenvalue weighted by molar-refractivity contribution is 5.95. The lowest BCUT2D eigenvalue weighted by atomic mass is 9.98. The fraction of sp³-hybridized carbons (Fsp3) is 0.231. The van der Waals surface area contributed by atoms with E-state index in [1.54, 1.807) is 18.2 Å². The van der Waals surface area contributed by atoms with Gasteiger partial charge in [-0.1, -0.05) is 0 Å². The molecule has 3 aromatic rings. The molecule has 1 aromatic heterocycles. The van der Waals surface area contributed by atoms with Crippen molar-refractivity contribution in [2.45, 2.75) is 40.2 Å². The van der Waals surface area contributed by atoms with E-state index >= 15 is 0 Å². The Hall–Kier alpha value is -4.40. The quantitative estimate of drug-likeness (QED) is 0.396. The highest BCUT2D eigenvalue weighted by Crippen LogP contribution is 2.42. The van der Waals surface area contributed by atoms with E-state index in [0.717, 1.165) is 0 Å². The van der Waals surface area contributed by atoms with Crippen LogP contribution in [0.5, 0.6) is 23.0 Å². The van der Waals surface area contributed by atoms with Crippen molar-refractivity contribution in [3.8, 4) is 34.1 Å². The Bertz CT molecular complexity index is 1470. The van der Waals surface area contributed by atoms with Crippen LogP contribution < -0.4 is 24.4 Å². The van der Waals surface area contributed by atoms with E-state index in [1.165, 1.54) is 45.2 Å². The molecule has 1 aliphatic heterocycles. The molecule has 35 heavy (non-hydrogen) atoms. The van der Waals surface area contributed by atoms with Gasteiger partial charge in [0.2, 0.25) is 5.43 Å². The molecule has 1 aliphatic rings. The van der Waals surface area contributed by atoms with Gasteiger partial charge in [-0.05, 0) is 38.1 Å². The summed E-state index contributed by atoms with van der Waals surface area (Å²) in [5, 5.41) is 0.0160. The number of carbonyl (C=O) groups is 3. The predicted octanol–water partition coefficient (Wildman–Crippen LogP) is 4.42. The van der Waals surface area contributed by atoms with Crippen LogP contribution in [-0.4, -0.2) is 23.5 Å². The molecular weight excluding hydrogens is 456 g/mol. The van der Waals surface area contributed by atoms with Crippen LogP contribution in [0.15, 0.2) is 45.8 Å². The molecule has 4 rings (SSSR count). The van der Waals surface area contributed by atoms with Crippen molar-refractivity contribution < 1.29 is 37.7 Å². The maximum absolute atomic E-state index is 13.7. The number of fused-ring (bicyclic) bond motifs is 2. The number of rotatable bonds is 4. The molecule has 0 atom stereocenters. The zero-order chi connectivity index (χ0) is 25.5. The van der Waals surface area contributed by atoms with Crippen molar-refractivity contribution in [2.24, 2.45) is 0 Å². The number of ether oxygens (including phenoxy) is 4. The molecular formula is C26H22O9. The second kappa shape index (κ2) is 8.75. The molecule has 0 fully saturated rings. The van der Waals surface area contributed by atoms with Gasteiger partial charge in [-0.15, -0.1) is 0 Å². The van der Waals surface area contributed by atoms with E-state index in [0.29, 0.717) is 11.3 Å². The van der Waals surface area contributed by atoms with Crippen molar-refractivity contribution in [2.75, 3.05) is 0 Å². The van der Waals surface area contributed by atoms with Crippen LogP contribution in [0.4, 0.5) is 0 Å². The molecule has 9 heteroatoms. The van der Waals surface area contributed by atoms with E-state index in [2.05, 4.69) is 0 Å². The Morgan fingerprint density at radius 1 is 0.886 bits per heavy atom. The minimum Gasteiger partial charge on any atom is -0.483 e. The van der Waals surface area contributed by atoms with Gasteiger partial charge in [0.05, 0.1) is 11.1 Å². The van der Waals surface area contributed by atoms with Gasteiger partial charge in [0, 0.05) is 38.5 Å². The van der Waals surface area contributed by atoms with Gasteiger partial charge in [0.1, 0.15) is 40.1 Å². The van der Waals surface area contributed by atoms with Gasteiger partial charge in [0.15, 0.2) is 5.75 Å². The topological polar surface area (TPSA) is 118 Å². The molecule has 0 amide bonds. The average molecular weight is 478 g/mol. The largest absolute Gasteiger partial charge is 0.483 e. The molecule has 0 spiro atoms. The van der Waals surface area contributed by atoms with E-state index in [9.17, 15) is 19.2 Å². The maximum atomic E-state index is 13.7. The van der Waals surface area contributed by atoms with Gasteiger partial charge in [0.25, 0.3) is 0 Å². The minimum absolute atomic E-state index is 0.00193. The summed E-state index contributed by atoms with van der Waals surface area (Å²) in [6.45, 7) is 7.37. The van der Waals surface area contributed by atoms with Crippen molar-refractivity contribution in [3.05, 3.63) is 52.4 Å². The third-order valence-electron chi connectivity index (χ3n) is 5.05. The molecule has 9 nitrogen and oxygen atoms in total. The summed E-state index contributed by atoms with van der Waals surface area (Å²) in [6.07, 6.45) is 4.72. The lowest BCUT2D eigenvalue weighted by molar-refractivity contribution is -0.133. The SMILES string of the molecule is CC(=O)Oc1ccc(-c2coc3cc4c(c(OC(C)=O)c3c2=O)C=CC(C)(C)O4)c(OC(C)=O)c1. The lowest BCUT2D eigenvalue weighted by Crippen LogP contribution is -2.28. The van der Waals surface area contributed by atoms with E-state index in [-0.39, 0.29) is 39.3 Å². The van der Waals surface area contributed by atoms with Crippen LogP contribution in [-0.2, 0) is 14.4 Å². The van der Waals surface area contributed by atoms with Crippen LogP contribution >= 0.6 is 0 Å². The standard InChI is InChI=1S/C26H22O9/c1-13(27)32-16-6-7-17(20(10-16)33-14(2)28)19-12-31-22-11-21-18(8-9-26(4,5)35-21)25(34-15(3)29)23(22)24(19)30/h6-12H,1-5H3. The first-order valence-electron chi connectivity index (χ1n) is 10.7. The summed E-state index contributed by atoms with van der Waals surface area (Å²) in [7, 11) is 0. The van der Waals surface area contributed by atoms with Crippen LogP contribution in [0.25, 0.3) is 28.2 Å². The Kier molecular flexibility index (Phi) is 5.94. The van der Waals surface area contributed by atoms with E-state index in [4.69, 9.17) is 23.4 Å². The molecule has 0 N–H and O–H groups in total. The first-order chi connectivity index (χ1) is 16.4. The molecule has 0 bridgehead atoms. The summed E-state index contributed by atoms with van der Waals surface area (Å²) < 4.78 is 27.5. The first kappa shape index (κ1) is 23.7. The van der Waals surface area contributed by atoms with Crippen LogP contribution in [0.2, 0.25) is 0 Å². The maximum Gasteiger partial charge on any atom is 0.308 e. The van der Waals surface area contributed by atoms with Crippen molar-refractivity contribution >= 4 is 35.0 Å². The van der Waals surface area contributed by atoms with Gasteiger partial charge >= 0.3 is 17.9 Å². The fourth-order valence-electron chi connectivity index (χ4n) is 3.72. The van der Waals surface area contributed by atoms with Crippen LogP contribution in [0.1, 0.15) is 40.2 Å². The zero-order valence-electron chi connectivity index (χ0n) is 19.7. The van der Waals surface area contributed by atoms with Crippen LogP contribution in [0, 0.1) is 0 Å². The third-order valence-corrected chi connectivity index (χ3v) is 5.05. The molecule has 180 valence electrons. The van der Waals surface area contributed by atoms with Gasteiger partial charge in [-0.3, -0.25) is 19.2 Å². The van der Waals surface area contributed by atoms with E-state index in [1.807, 2.05) is 13.8 Å². The third kappa shape index (κ3) is 4.79. The second-order valence-corrected chi connectivity index (χ2v) is 8.45. The number of carbonyl (C=O) groups excluding carboxylic acids is 3. The Labute approximate surface area is 199 Å². The average Bonchev–Trinajstić information content (AvgIpc) is 2.72. The number of benzene rings is 2. The molecule has 2 heterocycles. The zero-order valence-corrected chi connectivity index (χ0v) is 19.7. The van der Waals surface area contributed by atoms with Gasteiger partial charge in [-0.25, -0.2) is 0 Å². The van der Waals surface area contributed by atoms with Crippen molar-refractivity contribution in [3.63, 3.8) is 0 Å². The summed E-state index contributed by atoms with van der Waals surface area (Å²) in [4.78, 5) is 48.7. The summed E-state index contributed by atoms with van der Waals surface area (Å²) >= 11 is 0. The van der Waals surface area contributed by atoms with Crippen LogP contribution in [0.3, 0.4) is 0 Å². The van der Waals surface area contributed by atoms with Gasteiger partial charge < -0.3 is 23.4 Å². The van der Waals surface area contributed by atoms with Crippen molar-refractivity contribution in [1.29, 1.82) is 0 Å². The molecule has 0 radical (unpaired) electrons. The normalized spacial score (nSPS) is 13.5. The summed E-state index contributed by atoms with van der Waals surface area (Å²) in [5.41, 5.74) is -0.329. The molecule has 2 aromatic carbocycles. The lowest BCUT2D eigenvalue weighted by Gasteiger charge is -2.28. The predicted molar refractivity (Wildman–Crippen MR) is 126 cm³/mol. The molecule has 0 aliphatic carbocycles. The highest BCUT2D eigenvalue weighted by Gasteiger charge is 2.28. The Morgan fingerprint density at radius 2 is 1.57 bits per heavy atom. The van der Waals surface area contributed by atoms with E-state index < -0.39 is 28.9 Å². The molecule has 0 saturated heterocycles. The van der Waals surface area contributed by atoms with Gasteiger partial charge in [-0.2, -0.15) is 0 Å².